The normalized spacial score (nSPS) is 12.1. The van der Waals surface area contributed by atoms with E-state index in [-0.39, 0.29) is 0 Å². The van der Waals surface area contributed by atoms with Gasteiger partial charge in [-0.15, -0.1) is 0 Å². The number of nitriles is 1. The molecule has 0 bridgehead atoms. The molecule has 2 heteroatoms. The Morgan fingerprint density at radius 1 is 1.58 bits per heavy atom. The van der Waals surface area contributed by atoms with Gasteiger partial charge in [-0.25, -0.2) is 0 Å². The van der Waals surface area contributed by atoms with Gasteiger partial charge >= 0.3 is 0 Å². The number of nitrogens with zero attached hydrogens (tertiary/aromatic N) is 1. The van der Waals surface area contributed by atoms with Gasteiger partial charge in [0.1, 0.15) is 0 Å². The maximum absolute atomic E-state index is 9.44. The van der Waals surface area contributed by atoms with Crippen LogP contribution >= 0.6 is 0 Å². The molecule has 2 nitrogen and oxygen atoms in total. The molecule has 0 heterocycles. The van der Waals surface area contributed by atoms with E-state index in [1.54, 1.807) is 18.2 Å². The summed E-state index contributed by atoms with van der Waals surface area (Å²) in [6, 6.07) is 9.09. The lowest BCUT2D eigenvalue weighted by molar-refractivity contribution is 0.173. The SMILES string of the molecule is CC[C@@H](O)c1cccc(C#N)c1. The van der Waals surface area contributed by atoms with Crippen molar-refractivity contribution in [1.29, 1.82) is 5.26 Å². The van der Waals surface area contributed by atoms with Crippen LogP contribution in [0.3, 0.4) is 0 Å². The van der Waals surface area contributed by atoms with Crippen LogP contribution < -0.4 is 0 Å². The van der Waals surface area contributed by atoms with Gasteiger partial charge in [0.2, 0.25) is 0 Å². The Labute approximate surface area is 72.1 Å². The van der Waals surface area contributed by atoms with Crippen LogP contribution in [0.2, 0.25) is 0 Å². The van der Waals surface area contributed by atoms with Crippen molar-refractivity contribution in [3.05, 3.63) is 35.4 Å². The highest BCUT2D eigenvalue weighted by Crippen LogP contribution is 2.16. The van der Waals surface area contributed by atoms with Crippen LogP contribution in [0.5, 0.6) is 0 Å². The molecule has 0 spiro atoms. The largest absolute Gasteiger partial charge is 0.388 e. The van der Waals surface area contributed by atoms with Crippen molar-refractivity contribution < 1.29 is 5.11 Å². The van der Waals surface area contributed by atoms with Crippen LogP contribution in [-0.4, -0.2) is 5.11 Å². The lowest BCUT2D eigenvalue weighted by Crippen LogP contribution is -1.94. The molecule has 1 atom stereocenters. The highest BCUT2D eigenvalue weighted by molar-refractivity contribution is 5.33. The predicted molar refractivity (Wildman–Crippen MR) is 46.4 cm³/mol. The average Bonchev–Trinajstić information content (AvgIpc) is 2.17. The zero-order valence-corrected chi connectivity index (χ0v) is 6.99. The monoisotopic (exact) mass is 161 g/mol. The average molecular weight is 161 g/mol. The van der Waals surface area contributed by atoms with Crippen LogP contribution in [0.4, 0.5) is 0 Å². The van der Waals surface area contributed by atoms with E-state index in [1.165, 1.54) is 0 Å². The zero-order chi connectivity index (χ0) is 8.97. The van der Waals surface area contributed by atoms with Gasteiger partial charge in [0.05, 0.1) is 17.7 Å². The minimum atomic E-state index is -0.446. The van der Waals surface area contributed by atoms with E-state index in [0.717, 1.165) is 5.56 Å². The molecule has 1 rings (SSSR count). The van der Waals surface area contributed by atoms with Crippen molar-refractivity contribution in [1.82, 2.24) is 0 Å². The topological polar surface area (TPSA) is 44.0 Å². The van der Waals surface area contributed by atoms with Crippen molar-refractivity contribution >= 4 is 0 Å². The van der Waals surface area contributed by atoms with Crippen LogP contribution in [0, 0.1) is 11.3 Å². The first kappa shape index (κ1) is 8.76. The van der Waals surface area contributed by atoms with Crippen molar-refractivity contribution in [3.63, 3.8) is 0 Å². The third kappa shape index (κ3) is 1.84. The molecule has 0 fully saturated rings. The second kappa shape index (κ2) is 3.89. The highest BCUT2D eigenvalue weighted by Gasteiger charge is 2.03. The molecule has 0 saturated carbocycles. The molecule has 0 aliphatic heterocycles. The summed E-state index contributed by atoms with van der Waals surface area (Å²) in [6.45, 7) is 1.91. The molecule has 0 saturated heterocycles. The van der Waals surface area contributed by atoms with Gasteiger partial charge in [0.25, 0.3) is 0 Å². The van der Waals surface area contributed by atoms with Crippen molar-refractivity contribution in [2.75, 3.05) is 0 Å². The van der Waals surface area contributed by atoms with Gasteiger partial charge in [-0.1, -0.05) is 19.1 Å². The molecular formula is C10H11NO. The summed E-state index contributed by atoms with van der Waals surface area (Å²) >= 11 is 0. The molecule has 0 aliphatic carbocycles. The summed E-state index contributed by atoms with van der Waals surface area (Å²) in [4.78, 5) is 0. The molecule has 0 radical (unpaired) electrons. The Kier molecular flexibility index (Phi) is 2.84. The Morgan fingerprint density at radius 2 is 2.33 bits per heavy atom. The highest BCUT2D eigenvalue weighted by atomic mass is 16.3. The summed E-state index contributed by atoms with van der Waals surface area (Å²) in [5.74, 6) is 0. The van der Waals surface area contributed by atoms with Crippen molar-refractivity contribution in [3.8, 4) is 6.07 Å². The molecule has 1 aromatic carbocycles. The van der Waals surface area contributed by atoms with Crippen molar-refractivity contribution in [2.45, 2.75) is 19.4 Å². The summed E-state index contributed by atoms with van der Waals surface area (Å²) in [5, 5.41) is 18.0. The lowest BCUT2D eigenvalue weighted by Gasteiger charge is -2.06. The zero-order valence-electron chi connectivity index (χ0n) is 6.99. The van der Waals surface area contributed by atoms with Gasteiger partial charge in [0, 0.05) is 0 Å². The summed E-state index contributed by atoms with van der Waals surface area (Å²) in [7, 11) is 0. The standard InChI is InChI=1S/C10H11NO/c1-2-10(12)9-5-3-4-8(6-9)7-11/h3-6,10,12H,2H2,1H3/t10-/m1/s1. The predicted octanol–water partition coefficient (Wildman–Crippen LogP) is 2.00. The van der Waals surface area contributed by atoms with E-state index in [1.807, 2.05) is 19.1 Å². The molecule has 0 aromatic heterocycles. The Balaban J connectivity index is 2.95. The number of aliphatic hydroxyl groups excluding tert-OH is 1. The lowest BCUT2D eigenvalue weighted by atomic mass is 10.1. The summed E-state index contributed by atoms with van der Waals surface area (Å²) < 4.78 is 0. The Morgan fingerprint density at radius 3 is 2.92 bits per heavy atom. The molecule has 1 N–H and O–H groups in total. The molecule has 0 amide bonds. The first-order valence-corrected chi connectivity index (χ1v) is 3.96. The second-order valence-electron chi connectivity index (χ2n) is 2.66. The third-order valence-corrected chi connectivity index (χ3v) is 1.79. The van der Waals surface area contributed by atoms with Crippen molar-refractivity contribution in [2.24, 2.45) is 0 Å². The first-order chi connectivity index (χ1) is 5.77. The third-order valence-electron chi connectivity index (χ3n) is 1.79. The molecule has 62 valence electrons. The van der Waals surface area contributed by atoms with E-state index >= 15 is 0 Å². The van der Waals surface area contributed by atoms with E-state index in [9.17, 15) is 5.11 Å². The van der Waals surface area contributed by atoms with Crippen LogP contribution in [0.15, 0.2) is 24.3 Å². The number of hydrogen-bond acceptors (Lipinski definition) is 2. The first-order valence-electron chi connectivity index (χ1n) is 3.96. The fourth-order valence-electron chi connectivity index (χ4n) is 1.05. The smallest absolute Gasteiger partial charge is 0.0991 e. The van der Waals surface area contributed by atoms with Gasteiger partial charge in [-0.2, -0.15) is 5.26 Å². The number of hydrogen-bond donors (Lipinski definition) is 1. The van der Waals surface area contributed by atoms with Gasteiger partial charge in [-0.3, -0.25) is 0 Å². The van der Waals surface area contributed by atoms with Crippen LogP contribution in [-0.2, 0) is 0 Å². The minimum Gasteiger partial charge on any atom is -0.388 e. The maximum atomic E-state index is 9.44. The quantitative estimate of drug-likeness (QED) is 0.721. The summed E-state index contributed by atoms with van der Waals surface area (Å²) in [5.41, 5.74) is 1.41. The number of aliphatic hydroxyl groups is 1. The van der Waals surface area contributed by atoms with Crippen LogP contribution in [0.25, 0.3) is 0 Å². The van der Waals surface area contributed by atoms with Gasteiger partial charge < -0.3 is 5.11 Å². The molecular weight excluding hydrogens is 150 g/mol. The Hall–Kier alpha value is -1.33. The molecule has 1 aromatic rings. The Bertz CT molecular complexity index is 301. The minimum absolute atomic E-state index is 0.446. The number of benzene rings is 1. The maximum Gasteiger partial charge on any atom is 0.0991 e. The second-order valence-corrected chi connectivity index (χ2v) is 2.66. The summed E-state index contributed by atoms with van der Waals surface area (Å²) in [6.07, 6.45) is 0.229. The van der Waals surface area contributed by atoms with Gasteiger partial charge in [-0.05, 0) is 24.1 Å². The molecule has 0 aliphatic rings. The van der Waals surface area contributed by atoms with E-state index < -0.39 is 6.10 Å². The van der Waals surface area contributed by atoms with E-state index in [0.29, 0.717) is 12.0 Å². The van der Waals surface area contributed by atoms with Gasteiger partial charge in [0.15, 0.2) is 0 Å². The molecule has 0 unspecified atom stereocenters. The van der Waals surface area contributed by atoms with E-state index in [4.69, 9.17) is 5.26 Å². The number of rotatable bonds is 2. The fourth-order valence-corrected chi connectivity index (χ4v) is 1.05. The molecule has 12 heavy (non-hydrogen) atoms. The fraction of sp³-hybridized carbons (Fsp3) is 0.300. The van der Waals surface area contributed by atoms with E-state index in [2.05, 4.69) is 0 Å². The van der Waals surface area contributed by atoms with Crippen LogP contribution in [0.1, 0.15) is 30.6 Å².